The van der Waals surface area contributed by atoms with Gasteiger partial charge in [0.2, 0.25) is 10.0 Å². The van der Waals surface area contributed by atoms with Crippen molar-refractivity contribution in [2.24, 2.45) is 0 Å². The Labute approximate surface area is 209 Å². The van der Waals surface area contributed by atoms with E-state index in [0.717, 1.165) is 62.7 Å². The lowest BCUT2D eigenvalue weighted by molar-refractivity contribution is 0.607. The van der Waals surface area contributed by atoms with Crippen molar-refractivity contribution in [1.29, 1.82) is 0 Å². The number of pyridine rings is 2. The van der Waals surface area contributed by atoms with Gasteiger partial charge >= 0.3 is 0 Å². The quantitative estimate of drug-likeness (QED) is 0.309. The Hall–Kier alpha value is -4.17. The summed E-state index contributed by atoms with van der Waals surface area (Å²) in [7, 11) is -3.35. The average Bonchev–Trinajstić information content (AvgIpc) is 2.85. The topological polar surface area (TPSA) is 93.1 Å². The van der Waals surface area contributed by atoms with E-state index in [2.05, 4.69) is 15.0 Å². The van der Waals surface area contributed by atoms with Crippen LogP contribution in [0.5, 0.6) is 0 Å². The third-order valence-electron chi connectivity index (χ3n) is 6.09. The van der Waals surface area contributed by atoms with Crippen LogP contribution in [-0.2, 0) is 10.0 Å². The Morgan fingerprint density at radius 2 is 1.67 bits per heavy atom. The summed E-state index contributed by atoms with van der Waals surface area (Å²) in [6.45, 7) is 4.86. The third kappa shape index (κ3) is 4.55. The highest BCUT2D eigenvalue weighted by atomic mass is 32.2. The lowest BCUT2D eigenvalue weighted by atomic mass is 10.0. The molecule has 0 saturated carbocycles. The maximum atomic E-state index is 13.2. The minimum Gasteiger partial charge on any atom is -0.385 e. The molecule has 0 amide bonds. The molecule has 5 aromatic rings. The van der Waals surface area contributed by atoms with E-state index in [1.54, 1.807) is 35.0 Å². The van der Waals surface area contributed by atoms with Crippen molar-refractivity contribution in [1.82, 2.24) is 9.55 Å². The Bertz CT molecular complexity index is 1780. The van der Waals surface area contributed by atoms with Gasteiger partial charge in [-0.25, -0.2) is 8.42 Å². The van der Waals surface area contributed by atoms with E-state index in [0.29, 0.717) is 5.69 Å². The summed E-state index contributed by atoms with van der Waals surface area (Å²) in [5.41, 5.74) is 6.67. The fourth-order valence-electron chi connectivity index (χ4n) is 4.42. The molecule has 2 heterocycles. The fourth-order valence-corrected chi connectivity index (χ4v) is 4.99. The number of rotatable bonds is 6. The van der Waals surface area contributed by atoms with Gasteiger partial charge in [0.15, 0.2) is 0 Å². The van der Waals surface area contributed by atoms with Crippen LogP contribution in [0.3, 0.4) is 0 Å². The van der Waals surface area contributed by atoms with Gasteiger partial charge in [0, 0.05) is 41.0 Å². The first-order chi connectivity index (χ1) is 17.2. The number of nitrogens with zero attached hydrogens (tertiary/aromatic N) is 2. The largest absolute Gasteiger partial charge is 0.385 e. The maximum absolute atomic E-state index is 13.2. The van der Waals surface area contributed by atoms with Gasteiger partial charge in [-0.2, -0.15) is 0 Å². The first kappa shape index (κ1) is 23.6. The summed E-state index contributed by atoms with van der Waals surface area (Å²) < 4.78 is 27.3. The Morgan fingerprint density at radius 1 is 0.917 bits per heavy atom. The number of fused-ring (bicyclic) bond motifs is 3. The van der Waals surface area contributed by atoms with Gasteiger partial charge < -0.3 is 5.32 Å². The predicted molar refractivity (Wildman–Crippen MR) is 148 cm³/mol. The van der Waals surface area contributed by atoms with E-state index >= 15 is 0 Å². The number of hydrogen-bond acceptors (Lipinski definition) is 5. The van der Waals surface area contributed by atoms with Crippen LogP contribution in [0.15, 0.2) is 83.8 Å². The Balaban J connectivity index is 1.71. The molecule has 182 valence electrons. The van der Waals surface area contributed by atoms with E-state index in [4.69, 9.17) is 0 Å². The van der Waals surface area contributed by atoms with Crippen molar-refractivity contribution in [2.75, 3.05) is 22.8 Å². The summed E-state index contributed by atoms with van der Waals surface area (Å²) in [6.07, 6.45) is 2.91. The third-order valence-corrected chi connectivity index (χ3v) is 6.69. The molecular formula is C28H26N4O3S. The van der Waals surface area contributed by atoms with Crippen LogP contribution >= 0.6 is 0 Å². The number of aryl methyl sites for hydroxylation is 1. The molecule has 0 atom stereocenters. The summed E-state index contributed by atoms with van der Waals surface area (Å²) in [4.78, 5) is 17.8. The van der Waals surface area contributed by atoms with Gasteiger partial charge in [0.05, 0.1) is 23.0 Å². The molecular weight excluding hydrogens is 472 g/mol. The van der Waals surface area contributed by atoms with Crippen LogP contribution in [0.1, 0.15) is 12.5 Å². The zero-order chi connectivity index (χ0) is 25.4. The van der Waals surface area contributed by atoms with Gasteiger partial charge in [-0.3, -0.25) is 19.1 Å². The van der Waals surface area contributed by atoms with Crippen molar-refractivity contribution >= 4 is 43.2 Å². The number of benzene rings is 3. The normalized spacial score (nSPS) is 11.6. The molecule has 0 radical (unpaired) electrons. The molecule has 5 rings (SSSR count). The molecule has 2 aromatic heterocycles. The fraction of sp³-hybridized carbons (Fsp3) is 0.143. The van der Waals surface area contributed by atoms with Crippen molar-refractivity contribution < 1.29 is 8.42 Å². The van der Waals surface area contributed by atoms with Crippen LogP contribution in [-0.4, -0.2) is 30.8 Å². The number of hydrogen-bond donors (Lipinski definition) is 2. The lowest BCUT2D eigenvalue weighted by Crippen LogP contribution is -2.18. The monoisotopic (exact) mass is 498 g/mol. The molecule has 0 aliphatic carbocycles. The van der Waals surface area contributed by atoms with Crippen LogP contribution in [0, 0.1) is 6.92 Å². The predicted octanol–water partition coefficient (Wildman–Crippen LogP) is 5.32. The molecule has 36 heavy (non-hydrogen) atoms. The van der Waals surface area contributed by atoms with Gasteiger partial charge in [0.1, 0.15) is 0 Å². The SMILES string of the molecule is CCNc1cc(-n2c(=O)ccc3cnc4ccc(-c5ccc(NS(C)(=O)=O)cc5)cc4c32)ccc1C. The molecule has 0 spiro atoms. The summed E-state index contributed by atoms with van der Waals surface area (Å²) in [6, 6.07) is 22.5. The zero-order valence-corrected chi connectivity index (χ0v) is 21.1. The smallest absolute Gasteiger partial charge is 0.255 e. The van der Waals surface area contributed by atoms with Crippen LogP contribution in [0.4, 0.5) is 11.4 Å². The van der Waals surface area contributed by atoms with Crippen molar-refractivity contribution in [3.8, 4) is 16.8 Å². The van der Waals surface area contributed by atoms with Crippen LogP contribution in [0.25, 0.3) is 38.6 Å². The maximum Gasteiger partial charge on any atom is 0.255 e. The zero-order valence-electron chi connectivity index (χ0n) is 20.2. The molecule has 8 heteroatoms. The van der Waals surface area contributed by atoms with Crippen molar-refractivity contribution in [2.45, 2.75) is 13.8 Å². The van der Waals surface area contributed by atoms with Gasteiger partial charge in [-0.15, -0.1) is 0 Å². The molecule has 0 aliphatic heterocycles. The molecule has 0 unspecified atom stereocenters. The molecule has 0 fully saturated rings. The van der Waals surface area contributed by atoms with Crippen LogP contribution in [0.2, 0.25) is 0 Å². The second kappa shape index (κ2) is 9.13. The molecule has 0 aliphatic rings. The van der Waals surface area contributed by atoms with Gasteiger partial charge in [-0.1, -0.05) is 24.3 Å². The number of aromatic nitrogens is 2. The number of sulfonamides is 1. The van der Waals surface area contributed by atoms with E-state index in [1.807, 2.05) is 62.4 Å². The molecule has 3 aromatic carbocycles. The van der Waals surface area contributed by atoms with Gasteiger partial charge in [0.25, 0.3) is 5.56 Å². The highest BCUT2D eigenvalue weighted by molar-refractivity contribution is 7.92. The van der Waals surface area contributed by atoms with Crippen molar-refractivity contribution in [3.05, 3.63) is 94.9 Å². The van der Waals surface area contributed by atoms with E-state index < -0.39 is 10.0 Å². The van der Waals surface area contributed by atoms with Gasteiger partial charge in [-0.05, 0) is 73.0 Å². The highest BCUT2D eigenvalue weighted by Crippen LogP contribution is 2.31. The molecule has 0 saturated heterocycles. The first-order valence-corrected chi connectivity index (χ1v) is 13.5. The lowest BCUT2D eigenvalue weighted by Gasteiger charge is -2.16. The van der Waals surface area contributed by atoms with Crippen LogP contribution < -0.4 is 15.6 Å². The second-order valence-corrected chi connectivity index (χ2v) is 10.5. The molecule has 7 nitrogen and oxygen atoms in total. The Morgan fingerprint density at radius 3 is 2.39 bits per heavy atom. The average molecular weight is 499 g/mol. The molecule has 2 N–H and O–H groups in total. The Kier molecular flexibility index (Phi) is 5.97. The second-order valence-electron chi connectivity index (χ2n) is 8.78. The summed E-state index contributed by atoms with van der Waals surface area (Å²) in [5.74, 6) is 0. The minimum absolute atomic E-state index is 0.122. The first-order valence-electron chi connectivity index (χ1n) is 11.6. The summed E-state index contributed by atoms with van der Waals surface area (Å²) in [5, 5.41) is 5.08. The summed E-state index contributed by atoms with van der Waals surface area (Å²) >= 11 is 0. The van der Waals surface area contributed by atoms with Crippen molar-refractivity contribution in [3.63, 3.8) is 0 Å². The van der Waals surface area contributed by atoms with E-state index in [9.17, 15) is 13.2 Å². The number of nitrogens with one attached hydrogen (secondary N) is 2. The standard InChI is InChI=1S/C28H26N4O3S/c1-4-29-26-16-23(12-5-18(26)2)32-27(33)14-9-21-17-30-25-13-8-20(15-24(25)28(21)32)19-6-10-22(11-7-19)31-36(3,34)35/h5-17,29,31H,4H2,1-3H3. The minimum atomic E-state index is -3.35. The molecule has 0 bridgehead atoms. The number of anilines is 2. The van der Waals surface area contributed by atoms with E-state index in [-0.39, 0.29) is 5.56 Å². The highest BCUT2D eigenvalue weighted by Gasteiger charge is 2.13. The van der Waals surface area contributed by atoms with E-state index in [1.165, 1.54) is 0 Å².